The number of nitrogen functional groups attached to an aromatic ring is 1. The fraction of sp³-hybridized carbons (Fsp3) is 0.200. The minimum absolute atomic E-state index is 0.118. The summed E-state index contributed by atoms with van der Waals surface area (Å²) in [6.07, 6.45) is 3.45. The van der Waals surface area contributed by atoms with Crippen LogP contribution in [0.2, 0.25) is 0 Å². The molecule has 2 aromatic heterocycles. The zero-order chi connectivity index (χ0) is 13.1. The van der Waals surface area contributed by atoms with Crippen LogP contribution in [-0.2, 0) is 6.54 Å². The molecule has 3 N–H and O–H groups in total. The van der Waals surface area contributed by atoms with E-state index in [9.17, 15) is 10.1 Å². The predicted octanol–water partition coefficient (Wildman–Crippen LogP) is 1.53. The van der Waals surface area contributed by atoms with Gasteiger partial charge in [-0.15, -0.1) is 0 Å². The van der Waals surface area contributed by atoms with E-state index in [2.05, 4.69) is 15.4 Å². The molecule has 2 rings (SSSR count). The van der Waals surface area contributed by atoms with Crippen LogP contribution >= 0.6 is 0 Å². The van der Waals surface area contributed by atoms with Crippen LogP contribution < -0.4 is 11.1 Å². The van der Waals surface area contributed by atoms with E-state index < -0.39 is 4.92 Å². The molecule has 0 radical (unpaired) electrons. The van der Waals surface area contributed by atoms with Crippen LogP contribution in [0.15, 0.2) is 24.5 Å². The third kappa shape index (κ3) is 2.37. The number of nitro groups is 1. The summed E-state index contributed by atoms with van der Waals surface area (Å²) in [6, 6.07) is 2.81. The van der Waals surface area contributed by atoms with E-state index in [1.165, 1.54) is 12.1 Å². The molecule has 0 aliphatic heterocycles. The van der Waals surface area contributed by atoms with Crippen LogP contribution in [0.1, 0.15) is 6.92 Å². The van der Waals surface area contributed by atoms with Gasteiger partial charge in [-0.2, -0.15) is 5.10 Å². The predicted molar refractivity (Wildman–Crippen MR) is 66.5 cm³/mol. The molecule has 0 aliphatic carbocycles. The summed E-state index contributed by atoms with van der Waals surface area (Å²) in [5, 5.41) is 17.6. The molecule has 0 unspecified atom stereocenters. The Morgan fingerprint density at radius 1 is 1.56 bits per heavy atom. The largest absolute Gasteiger partial charge is 0.378 e. The molecule has 0 atom stereocenters. The van der Waals surface area contributed by atoms with Gasteiger partial charge in [0.25, 0.3) is 0 Å². The van der Waals surface area contributed by atoms with Gasteiger partial charge in [0, 0.05) is 18.8 Å². The van der Waals surface area contributed by atoms with Crippen molar-refractivity contribution in [1.29, 1.82) is 0 Å². The minimum Gasteiger partial charge on any atom is -0.378 e. The highest BCUT2D eigenvalue weighted by molar-refractivity contribution is 5.61. The maximum absolute atomic E-state index is 10.6. The normalized spacial score (nSPS) is 10.3. The maximum Gasteiger partial charge on any atom is 0.311 e. The number of anilines is 3. The van der Waals surface area contributed by atoms with Gasteiger partial charge in [-0.1, -0.05) is 0 Å². The molecule has 0 fully saturated rings. The number of nitrogens with zero attached hydrogens (tertiary/aromatic N) is 4. The van der Waals surface area contributed by atoms with Crippen molar-refractivity contribution in [3.05, 3.63) is 34.6 Å². The second-order valence-corrected chi connectivity index (χ2v) is 3.57. The molecular weight excluding hydrogens is 236 g/mol. The van der Waals surface area contributed by atoms with Gasteiger partial charge in [-0.05, 0) is 13.0 Å². The van der Waals surface area contributed by atoms with Crippen LogP contribution in [0.4, 0.5) is 23.0 Å². The van der Waals surface area contributed by atoms with Gasteiger partial charge in [0.1, 0.15) is 5.82 Å². The number of pyridine rings is 1. The number of rotatable bonds is 4. The molecule has 0 saturated heterocycles. The van der Waals surface area contributed by atoms with Gasteiger partial charge in [0.2, 0.25) is 5.82 Å². The first-order valence-corrected chi connectivity index (χ1v) is 5.30. The third-order valence-electron chi connectivity index (χ3n) is 2.33. The molecule has 8 heteroatoms. The number of nitrogens with one attached hydrogen (secondary N) is 1. The highest BCUT2D eigenvalue weighted by atomic mass is 16.6. The molecule has 8 nitrogen and oxygen atoms in total. The molecular formula is C10H12N6O2. The summed E-state index contributed by atoms with van der Waals surface area (Å²) in [6.45, 7) is 2.73. The summed E-state index contributed by atoms with van der Waals surface area (Å²) in [5.41, 5.74) is 6.04. The quantitative estimate of drug-likeness (QED) is 0.626. The van der Waals surface area contributed by atoms with Crippen LogP contribution in [0, 0.1) is 10.1 Å². The molecule has 2 heterocycles. The van der Waals surface area contributed by atoms with E-state index in [1.807, 2.05) is 6.92 Å². The van der Waals surface area contributed by atoms with Crippen molar-refractivity contribution in [3.8, 4) is 0 Å². The number of aryl methyl sites for hydroxylation is 1. The van der Waals surface area contributed by atoms with Gasteiger partial charge in [0.05, 0.1) is 16.8 Å². The van der Waals surface area contributed by atoms with Crippen molar-refractivity contribution < 1.29 is 4.92 Å². The number of nitrogens with two attached hydrogens (primary N) is 1. The van der Waals surface area contributed by atoms with Gasteiger partial charge in [-0.3, -0.25) is 14.8 Å². The molecule has 0 aromatic carbocycles. The molecule has 0 aliphatic rings. The average Bonchev–Trinajstić information content (AvgIpc) is 2.76. The minimum atomic E-state index is -0.568. The first kappa shape index (κ1) is 11.8. The Balaban J connectivity index is 2.19. The van der Waals surface area contributed by atoms with Crippen molar-refractivity contribution in [2.75, 3.05) is 11.1 Å². The Hall–Kier alpha value is -2.64. The Kier molecular flexibility index (Phi) is 3.09. The van der Waals surface area contributed by atoms with Crippen LogP contribution in [0.5, 0.6) is 0 Å². The molecule has 0 amide bonds. The van der Waals surface area contributed by atoms with E-state index in [0.717, 1.165) is 12.2 Å². The number of aromatic nitrogens is 3. The average molecular weight is 248 g/mol. The molecule has 0 spiro atoms. The highest BCUT2D eigenvalue weighted by Crippen LogP contribution is 2.22. The summed E-state index contributed by atoms with van der Waals surface area (Å²) in [4.78, 5) is 13.9. The van der Waals surface area contributed by atoms with Crippen molar-refractivity contribution in [2.24, 2.45) is 0 Å². The van der Waals surface area contributed by atoms with Crippen molar-refractivity contribution in [3.63, 3.8) is 0 Å². The monoisotopic (exact) mass is 248 g/mol. The second kappa shape index (κ2) is 4.70. The second-order valence-electron chi connectivity index (χ2n) is 3.57. The Morgan fingerprint density at radius 3 is 2.89 bits per heavy atom. The molecule has 0 saturated carbocycles. The summed E-state index contributed by atoms with van der Waals surface area (Å²) in [5.74, 6) is 0.321. The van der Waals surface area contributed by atoms with E-state index in [-0.39, 0.29) is 11.5 Å². The lowest BCUT2D eigenvalue weighted by Crippen LogP contribution is -2.01. The van der Waals surface area contributed by atoms with E-state index in [0.29, 0.717) is 5.82 Å². The Morgan fingerprint density at radius 2 is 2.33 bits per heavy atom. The zero-order valence-electron chi connectivity index (χ0n) is 9.70. The van der Waals surface area contributed by atoms with E-state index >= 15 is 0 Å². The molecule has 0 bridgehead atoms. The van der Waals surface area contributed by atoms with Crippen molar-refractivity contribution >= 4 is 23.0 Å². The number of hydrogen-bond acceptors (Lipinski definition) is 6. The fourth-order valence-electron chi connectivity index (χ4n) is 1.44. The highest BCUT2D eigenvalue weighted by Gasteiger charge is 2.12. The van der Waals surface area contributed by atoms with Gasteiger partial charge >= 0.3 is 5.69 Å². The van der Waals surface area contributed by atoms with Gasteiger partial charge in [0.15, 0.2) is 0 Å². The topological polar surface area (TPSA) is 112 Å². The summed E-state index contributed by atoms with van der Waals surface area (Å²) >= 11 is 0. The van der Waals surface area contributed by atoms with Crippen molar-refractivity contribution in [2.45, 2.75) is 13.5 Å². The third-order valence-corrected chi connectivity index (χ3v) is 2.33. The molecule has 18 heavy (non-hydrogen) atoms. The van der Waals surface area contributed by atoms with Crippen LogP contribution in [-0.4, -0.2) is 19.7 Å². The summed E-state index contributed by atoms with van der Waals surface area (Å²) < 4.78 is 1.75. The lowest BCUT2D eigenvalue weighted by Gasteiger charge is -2.03. The molecule has 2 aromatic rings. The lowest BCUT2D eigenvalue weighted by molar-refractivity contribution is -0.384. The Labute approximate surface area is 103 Å². The SMILES string of the molecule is CCn1cc(Nc2ccc([N+](=O)[O-])c(N)n2)cn1. The van der Waals surface area contributed by atoms with Crippen LogP contribution in [0.25, 0.3) is 0 Å². The fourth-order valence-corrected chi connectivity index (χ4v) is 1.44. The Bertz CT molecular complexity index is 579. The first-order chi connectivity index (χ1) is 8.60. The summed E-state index contributed by atoms with van der Waals surface area (Å²) in [7, 11) is 0. The number of hydrogen-bond donors (Lipinski definition) is 2. The van der Waals surface area contributed by atoms with Crippen molar-refractivity contribution in [1.82, 2.24) is 14.8 Å². The van der Waals surface area contributed by atoms with E-state index in [4.69, 9.17) is 5.73 Å². The standard InChI is InChI=1S/C10H12N6O2/c1-2-15-6-7(5-12-15)13-9-4-3-8(16(17)18)10(11)14-9/h3-6H,2H2,1H3,(H3,11,13,14). The smallest absolute Gasteiger partial charge is 0.311 e. The first-order valence-electron chi connectivity index (χ1n) is 5.30. The lowest BCUT2D eigenvalue weighted by atomic mass is 10.3. The van der Waals surface area contributed by atoms with Crippen LogP contribution in [0.3, 0.4) is 0 Å². The van der Waals surface area contributed by atoms with Gasteiger partial charge < -0.3 is 11.1 Å². The zero-order valence-corrected chi connectivity index (χ0v) is 9.70. The van der Waals surface area contributed by atoms with Gasteiger partial charge in [-0.25, -0.2) is 4.98 Å². The van der Waals surface area contributed by atoms with E-state index in [1.54, 1.807) is 17.1 Å². The molecule has 94 valence electrons. The maximum atomic E-state index is 10.6.